The van der Waals surface area contributed by atoms with Crippen LogP contribution in [0.15, 0.2) is 19.0 Å². The monoisotopic (exact) mass is 741 g/mol. The summed E-state index contributed by atoms with van der Waals surface area (Å²) in [6.45, 7) is 5.22. The van der Waals surface area contributed by atoms with Crippen LogP contribution in [-0.4, -0.2) is 46.9 Å². The van der Waals surface area contributed by atoms with Gasteiger partial charge in [-0.1, -0.05) is 0 Å². The van der Waals surface area contributed by atoms with E-state index in [-0.39, 0.29) is 70.2 Å². The Labute approximate surface area is 286 Å². The van der Waals surface area contributed by atoms with Crippen molar-refractivity contribution in [3.8, 4) is 0 Å². The largest absolute Gasteiger partial charge is 0.478 e. The quantitative estimate of drug-likeness (QED) is 0.186. The molecule has 3 heterocycles. The van der Waals surface area contributed by atoms with Crippen molar-refractivity contribution >= 4 is 87.5 Å². The van der Waals surface area contributed by atoms with E-state index in [1.807, 2.05) is 20.8 Å². The highest BCUT2D eigenvalue weighted by molar-refractivity contribution is 6.40. The summed E-state index contributed by atoms with van der Waals surface area (Å²) >= 11 is 38.6. The van der Waals surface area contributed by atoms with Gasteiger partial charge in [-0.2, -0.15) is 0 Å². The van der Waals surface area contributed by atoms with Gasteiger partial charge in [0.25, 0.3) is 30.9 Å². The molecule has 3 aromatic heterocycles. The van der Waals surface area contributed by atoms with E-state index in [9.17, 15) is 29.7 Å². The summed E-state index contributed by atoms with van der Waals surface area (Å²) in [6, 6.07) is 0. The van der Waals surface area contributed by atoms with Crippen molar-refractivity contribution in [2.75, 3.05) is 0 Å². The smallest absolute Gasteiger partial charge is 0.346 e. The summed E-state index contributed by atoms with van der Waals surface area (Å²) in [5, 5.41) is 28.5. The zero-order valence-corrected chi connectivity index (χ0v) is 28.5. The van der Waals surface area contributed by atoms with Crippen molar-refractivity contribution in [2.45, 2.75) is 60.0 Å². The fraction of sp³-hybridized carbons (Fsp3) is 0.333. The highest BCUT2D eigenvalue weighted by Crippen LogP contribution is 2.30. The molecule has 0 aliphatic rings. The Hall–Kier alpha value is -3.00. The first-order chi connectivity index (χ1) is 21.0. The van der Waals surface area contributed by atoms with Gasteiger partial charge in [0, 0.05) is 16.7 Å². The molecule has 4 rings (SSSR count). The molecule has 0 spiro atoms. The van der Waals surface area contributed by atoms with E-state index in [0.717, 1.165) is 33.4 Å². The average Bonchev–Trinajstić information content (AvgIpc) is 3.47. The maximum absolute atomic E-state index is 11.4. The Kier molecular flexibility index (Phi) is 10.7. The summed E-state index contributed by atoms with van der Waals surface area (Å²) in [7, 11) is 0. The summed E-state index contributed by atoms with van der Waals surface area (Å²) < 4.78 is 8.85. The number of rotatable bonds is 12. The first-order valence-corrected chi connectivity index (χ1v) is 15.3. The molecule has 0 aliphatic carbocycles. The molecule has 4 aromatic rings. The van der Waals surface area contributed by atoms with Crippen LogP contribution in [0.4, 0.5) is 0 Å². The number of hydrogen-bond donors (Lipinski definition) is 3. The number of carboxylic acid groups (broad SMARTS) is 3. The van der Waals surface area contributed by atoms with Crippen LogP contribution in [0, 0.1) is 20.8 Å². The molecule has 0 radical (unpaired) electrons. The number of aromatic nitrogens is 6. The van der Waals surface area contributed by atoms with E-state index >= 15 is 0 Å². The molecule has 0 saturated carbocycles. The molecule has 0 aliphatic heterocycles. The molecule has 0 saturated heterocycles. The minimum Gasteiger partial charge on any atom is -0.478 e. The Bertz CT molecular complexity index is 1630. The summed E-state index contributed by atoms with van der Waals surface area (Å²) in [5.74, 6) is -3.27. The van der Waals surface area contributed by atoms with Crippen LogP contribution in [0.5, 0.6) is 0 Å². The van der Waals surface area contributed by atoms with Crippen LogP contribution in [0.25, 0.3) is 0 Å². The van der Waals surface area contributed by atoms with Crippen LogP contribution in [0.3, 0.4) is 0 Å². The van der Waals surface area contributed by atoms with Crippen LogP contribution < -0.4 is 13.7 Å². The van der Waals surface area contributed by atoms with Crippen LogP contribution in [0.2, 0.25) is 30.9 Å². The van der Waals surface area contributed by atoms with Gasteiger partial charge in [0.05, 0.1) is 0 Å². The minimum atomic E-state index is -1.09. The Morgan fingerprint density at radius 3 is 0.956 bits per heavy atom. The average molecular weight is 744 g/mol. The maximum atomic E-state index is 11.4. The zero-order valence-electron chi connectivity index (χ0n) is 24.0. The summed E-state index contributed by atoms with van der Waals surface area (Å²) in [4.78, 5) is 34.1. The molecule has 240 valence electrons. The van der Waals surface area contributed by atoms with Gasteiger partial charge in [-0.05, 0) is 107 Å². The standard InChI is InChI=1S/C27H24Cl6N6O6/c1-13-16(4-34-10-37(7-19(40)41)25(31)22(34)28)14(2)18(6-36-12-39(9-21(44)45)27(33)24(36)30)15(3)17(13)5-35-11-38(8-20(42)43)26(32)23(35)29/h10-12H,4-9H2,1-3H3/p+3. The molecule has 0 amide bonds. The van der Waals surface area contributed by atoms with Gasteiger partial charge in [0.2, 0.25) is 19.0 Å². The van der Waals surface area contributed by atoms with Gasteiger partial charge in [-0.3, -0.25) is 0 Å². The van der Waals surface area contributed by atoms with Crippen molar-refractivity contribution in [2.24, 2.45) is 0 Å². The van der Waals surface area contributed by atoms with Crippen LogP contribution >= 0.6 is 69.6 Å². The molecular formula is C27H27Cl6N6O6+3. The van der Waals surface area contributed by atoms with Gasteiger partial charge in [0.15, 0.2) is 19.6 Å². The summed E-state index contributed by atoms with van der Waals surface area (Å²) in [6.07, 6.45) is 4.56. The third-order valence-electron chi connectivity index (χ3n) is 7.48. The third kappa shape index (κ3) is 7.21. The van der Waals surface area contributed by atoms with E-state index in [0.29, 0.717) is 0 Å². The number of carbonyl (C=O) groups is 3. The highest BCUT2D eigenvalue weighted by Gasteiger charge is 2.29. The van der Waals surface area contributed by atoms with E-state index < -0.39 is 17.9 Å². The predicted octanol–water partition coefficient (Wildman–Crippen LogP) is 4.20. The first kappa shape index (κ1) is 34.9. The fourth-order valence-corrected chi connectivity index (χ4v) is 6.50. The van der Waals surface area contributed by atoms with Gasteiger partial charge in [-0.25, -0.2) is 41.8 Å². The van der Waals surface area contributed by atoms with E-state index in [1.165, 1.54) is 32.7 Å². The van der Waals surface area contributed by atoms with Crippen LogP contribution in [-0.2, 0) is 53.7 Å². The van der Waals surface area contributed by atoms with Crippen LogP contribution in [0.1, 0.15) is 33.4 Å². The molecule has 45 heavy (non-hydrogen) atoms. The second kappa shape index (κ2) is 13.8. The number of imidazole rings is 3. The molecule has 0 bridgehead atoms. The van der Waals surface area contributed by atoms with E-state index in [1.54, 1.807) is 13.7 Å². The lowest BCUT2D eigenvalue weighted by Gasteiger charge is -2.20. The molecule has 0 fully saturated rings. The number of aliphatic carboxylic acids is 3. The predicted molar refractivity (Wildman–Crippen MR) is 165 cm³/mol. The van der Waals surface area contributed by atoms with Gasteiger partial charge < -0.3 is 15.3 Å². The van der Waals surface area contributed by atoms with E-state index in [4.69, 9.17) is 69.6 Å². The lowest BCUT2D eigenvalue weighted by atomic mass is 9.87. The SMILES string of the molecule is Cc1c(C[n+]2cn(CC(=O)O)c(Cl)c2Cl)c(C)c(C[n+]2cn(CC(=O)O)c(Cl)c2Cl)c(C)c1C[n+]1cn(CC(=O)O)c(Cl)c1Cl. The number of halogens is 6. The third-order valence-corrected chi connectivity index (χ3v) is 10.1. The Balaban J connectivity index is 1.89. The molecule has 12 nitrogen and oxygen atoms in total. The molecule has 0 atom stereocenters. The molecule has 0 unspecified atom stereocenters. The molecule has 1 aromatic carbocycles. The molecular weight excluding hydrogens is 717 g/mol. The Morgan fingerprint density at radius 2 is 0.756 bits per heavy atom. The van der Waals surface area contributed by atoms with Gasteiger partial charge in [-0.15, -0.1) is 0 Å². The normalized spacial score (nSPS) is 11.4. The van der Waals surface area contributed by atoms with Crippen molar-refractivity contribution in [3.63, 3.8) is 0 Å². The van der Waals surface area contributed by atoms with Crippen molar-refractivity contribution < 1.29 is 43.4 Å². The number of carboxylic acids is 3. The summed E-state index contributed by atoms with van der Waals surface area (Å²) in [5.41, 5.74) is 5.10. The fourth-order valence-electron chi connectivity index (χ4n) is 5.23. The van der Waals surface area contributed by atoms with Gasteiger partial charge >= 0.3 is 17.9 Å². The molecule has 18 heteroatoms. The topological polar surface area (TPSA) is 138 Å². The number of hydrogen-bond acceptors (Lipinski definition) is 3. The second-order valence-corrected chi connectivity index (χ2v) is 12.5. The molecule has 3 N–H and O–H groups in total. The van der Waals surface area contributed by atoms with Crippen molar-refractivity contribution in [1.29, 1.82) is 0 Å². The minimum absolute atomic E-state index is 0.0652. The lowest BCUT2D eigenvalue weighted by Crippen LogP contribution is -2.38. The maximum Gasteiger partial charge on any atom is 0.346 e. The van der Waals surface area contributed by atoms with E-state index in [2.05, 4.69) is 0 Å². The number of nitrogens with zero attached hydrogens (tertiary/aromatic N) is 6. The van der Waals surface area contributed by atoms with Crippen molar-refractivity contribution in [3.05, 3.63) is 83.3 Å². The zero-order chi connectivity index (χ0) is 33.5. The second-order valence-electron chi connectivity index (χ2n) is 10.4. The number of benzene rings is 1. The highest BCUT2D eigenvalue weighted by atomic mass is 35.5. The lowest BCUT2D eigenvalue weighted by molar-refractivity contribution is -0.687. The van der Waals surface area contributed by atoms with Gasteiger partial charge in [0.1, 0.15) is 19.6 Å². The van der Waals surface area contributed by atoms with Crippen molar-refractivity contribution in [1.82, 2.24) is 13.7 Å². The first-order valence-electron chi connectivity index (χ1n) is 13.1. The Morgan fingerprint density at radius 1 is 0.533 bits per heavy atom.